The number of aliphatic carboxylic acids is 1. The molecule has 8 heteroatoms. The summed E-state index contributed by atoms with van der Waals surface area (Å²) >= 11 is 0. The van der Waals surface area contributed by atoms with Gasteiger partial charge in [-0.3, -0.25) is 4.79 Å². The van der Waals surface area contributed by atoms with Gasteiger partial charge >= 0.3 is 5.97 Å². The number of aliphatic hydroxyl groups excluding tert-OH is 5. The first-order valence-corrected chi connectivity index (χ1v) is 11.6. The van der Waals surface area contributed by atoms with E-state index in [0.717, 1.165) is 25.7 Å². The second-order valence-electron chi connectivity index (χ2n) is 7.73. The van der Waals surface area contributed by atoms with Crippen LogP contribution in [0.5, 0.6) is 0 Å². The highest BCUT2D eigenvalue weighted by molar-refractivity contribution is 5.66. The fraction of sp³-hybridized carbons (Fsp3) is 0.750. The number of rotatable bonds is 19. The Kier molecular flexibility index (Phi) is 24.5. The van der Waals surface area contributed by atoms with E-state index in [4.69, 9.17) is 30.6 Å². The lowest BCUT2D eigenvalue weighted by Crippen LogP contribution is -2.46. The van der Waals surface area contributed by atoms with Crippen LogP contribution in [0, 0.1) is 0 Å². The lowest BCUT2D eigenvalue weighted by atomic mass is 10.0. The largest absolute Gasteiger partial charge is 0.481 e. The van der Waals surface area contributed by atoms with Gasteiger partial charge in [0.05, 0.1) is 6.61 Å². The normalized spacial score (nSPS) is 15.2. The molecular weight excluding hydrogens is 416 g/mol. The Labute approximate surface area is 192 Å². The molecule has 8 nitrogen and oxygen atoms in total. The summed E-state index contributed by atoms with van der Waals surface area (Å²) in [6, 6.07) is 0. The van der Waals surface area contributed by atoms with Gasteiger partial charge in [-0.15, -0.1) is 0 Å². The van der Waals surface area contributed by atoms with Gasteiger partial charge in [0.2, 0.25) is 0 Å². The van der Waals surface area contributed by atoms with Crippen molar-refractivity contribution in [3.63, 3.8) is 0 Å². The number of hydrogen-bond donors (Lipinski definition) is 6. The third kappa shape index (κ3) is 21.6. The van der Waals surface area contributed by atoms with Crippen molar-refractivity contribution in [1.29, 1.82) is 0 Å². The Morgan fingerprint density at radius 1 is 0.781 bits per heavy atom. The smallest absolute Gasteiger partial charge is 0.303 e. The summed E-state index contributed by atoms with van der Waals surface area (Å²) in [6.45, 7) is 1.47. The van der Waals surface area contributed by atoms with Crippen LogP contribution in [-0.2, 0) is 9.59 Å². The summed E-state index contributed by atoms with van der Waals surface area (Å²) in [5.41, 5.74) is 0. The van der Waals surface area contributed by atoms with Crippen LogP contribution in [0.25, 0.3) is 0 Å². The van der Waals surface area contributed by atoms with E-state index in [1.54, 1.807) is 0 Å². The SMILES string of the molecule is CCCCC/C=C\C/C=C\CCCCCCCC(=O)O.O=C[C@H](O)[C@@H](O)[C@H](O)[C@H](O)CO. The van der Waals surface area contributed by atoms with Crippen LogP contribution in [-0.4, -0.2) is 73.9 Å². The maximum absolute atomic E-state index is 10.3. The number of unbranched alkanes of at least 4 members (excludes halogenated alkanes) is 8. The summed E-state index contributed by atoms with van der Waals surface area (Å²) in [7, 11) is 0. The molecule has 0 saturated heterocycles. The highest BCUT2D eigenvalue weighted by Gasteiger charge is 2.29. The van der Waals surface area contributed by atoms with E-state index in [1.807, 2.05) is 0 Å². The van der Waals surface area contributed by atoms with Crippen LogP contribution in [0.3, 0.4) is 0 Å². The van der Waals surface area contributed by atoms with Gasteiger partial charge in [-0.2, -0.15) is 0 Å². The van der Waals surface area contributed by atoms with Crippen molar-refractivity contribution in [3.8, 4) is 0 Å². The fourth-order valence-corrected chi connectivity index (χ4v) is 2.71. The molecular formula is C24H44O8. The molecule has 0 aliphatic heterocycles. The van der Waals surface area contributed by atoms with Gasteiger partial charge in [0, 0.05) is 6.42 Å². The van der Waals surface area contributed by atoms with Crippen LogP contribution in [0.15, 0.2) is 24.3 Å². The van der Waals surface area contributed by atoms with Crippen molar-refractivity contribution in [2.24, 2.45) is 0 Å². The molecule has 6 N–H and O–H groups in total. The monoisotopic (exact) mass is 460 g/mol. The van der Waals surface area contributed by atoms with Gasteiger partial charge < -0.3 is 35.4 Å². The van der Waals surface area contributed by atoms with Crippen molar-refractivity contribution in [2.75, 3.05) is 6.61 Å². The molecule has 0 heterocycles. The van der Waals surface area contributed by atoms with Crippen molar-refractivity contribution in [3.05, 3.63) is 24.3 Å². The van der Waals surface area contributed by atoms with Crippen LogP contribution in [0.2, 0.25) is 0 Å². The minimum absolute atomic E-state index is 0.0258. The molecule has 0 aromatic carbocycles. The molecule has 0 spiro atoms. The zero-order valence-electron chi connectivity index (χ0n) is 19.4. The number of hydrogen-bond acceptors (Lipinski definition) is 7. The van der Waals surface area contributed by atoms with E-state index in [0.29, 0.717) is 6.42 Å². The van der Waals surface area contributed by atoms with Gasteiger partial charge in [-0.25, -0.2) is 0 Å². The predicted octanol–water partition coefficient (Wildman–Crippen LogP) is 2.51. The standard InChI is InChI=1S/C18H32O2.C6H12O6/c1-2-3-4-5-6-7-8-9-10-11-12-13-14-15-16-17-18(19)20;7-1-3(9)5(11)6(12)4(10)2-8/h6-7,9-10H,2-5,8,11-17H2,1H3,(H,19,20);1,3-6,8-12H,2H2/b7-6-,10-9-;/t;3-,4+,5+,6+/m.0/s1. The first-order valence-electron chi connectivity index (χ1n) is 11.6. The van der Waals surface area contributed by atoms with Gasteiger partial charge in [0.1, 0.15) is 24.4 Å². The lowest BCUT2D eigenvalue weighted by molar-refractivity contribution is -0.137. The zero-order chi connectivity index (χ0) is 24.6. The van der Waals surface area contributed by atoms with E-state index in [-0.39, 0.29) is 6.29 Å². The molecule has 0 aliphatic rings. The number of aldehydes is 1. The Hall–Kier alpha value is -1.58. The van der Waals surface area contributed by atoms with Crippen molar-refractivity contribution in [1.82, 2.24) is 0 Å². The third-order valence-electron chi connectivity index (χ3n) is 4.76. The second kappa shape index (κ2) is 24.1. The van der Waals surface area contributed by atoms with E-state index < -0.39 is 37.0 Å². The number of carbonyl (C=O) groups is 2. The van der Waals surface area contributed by atoms with E-state index in [1.165, 1.54) is 44.9 Å². The third-order valence-corrected chi connectivity index (χ3v) is 4.76. The van der Waals surface area contributed by atoms with Gasteiger partial charge in [0.15, 0.2) is 6.29 Å². The molecule has 0 unspecified atom stereocenters. The molecule has 188 valence electrons. The number of allylic oxidation sites excluding steroid dienone is 4. The lowest BCUT2D eigenvalue weighted by Gasteiger charge is -2.22. The van der Waals surface area contributed by atoms with Crippen LogP contribution >= 0.6 is 0 Å². The minimum atomic E-state index is -1.79. The minimum Gasteiger partial charge on any atom is -0.481 e. The molecule has 0 aromatic rings. The molecule has 0 bridgehead atoms. The maximum Gasteiger partial charge on any atom is 0.303 e. The van der Waals surface area contributed by atoms with E-state index in [2.05, 4.69) is 31.2 Å². The molecule has 32 heavy (non-hydrogen) atoms. The molecule has 0 fully saturated rings. The number of carboxylic acids is 1. The highest BCUT2D eigenvalue weighted by Crippen LogP contribution is 2.08. The molecule has 0 saturated carbocycles. The molecule has 0 aliphatic carbocycles. The van der Waals surface area contributed by atoms with Crippen molar-refractivity contribution in [2.45, 2.75) is 108 Å². The Morgan fingerprint density at radius 2 is 1.31 bits per heavy atom. The highest BCUT2D eigenvalue weighted by atomic mass is 16.4. The summed E-state index contributed by atoms with van der Waals surface area (Å²) in [4.78, 5) is 20.2. The van der Waals surface area contributed by atoms with Crippen LogP contribution in [0.1, 0.15) is 84.0 Å². The molecule has 0 rings (SSSR count). The van der Waals surface area contributed by atoms with Gasteiger partial charge in [-0.1, -0.05) is 63.3 Å². The molecule has 0 aromatic heterocycles. The molecule has 0 amide bonds. The summed E-state index contributed by atoms with van der Waals surface area (Å²) in [6.07, 6.45) is 15.4. The van der Waals surface area contributed by atoms with Gasteiger partial charge in [0.25, 0.3) is 0 Å². The topological polar surface area (TPSA) is 156 Å². The molecule has 4 atom stereocenters. The van der Waals surface area contributed by atoms with E-state index in [9.17, 15) is 9.59 Å². The average Bonchev–Trinajstić information content (AvgIpc) is 2.79. The second-order valence-corrected chi connectivity index (χ2v) is 7.73. The van der Waals surface area contributed by atoms with Gasteiger partial charge in [-0.05, 0) is 38.5 Å². The Balaban J connectivity index is 0. The first-order chi connectivity index (χ1) is 15.3. The summed E-state index contributed by atoms with van der Waals surface area (Å²) < 4.78 is 0. The number of carbonyl (C=O) groups excluding carboxylic acids is 1. The maximum atomic E-state index is 10.3. The van der Waals surface area contributed by atoms with Crippen LogP contribution in [0.4, 0.5) is 0 Å². The quantitative estimate of drug-likeness (QED) is 0.0975. The number of carboxylic acid groups (broad SMARTS) is 1. The summed E-state index contributed by atoms with van der Waals surface area (Å²) in [5.74, 6) is -0.671. The summed E-state index contributed by atoms with van der Waals surface area (Å²) in [5, 5.41) is 52.0. The van der Waals surface area contributed by atoms with Crippen molar-refractivity contribution < 1.29 is 40.2 Å². The Morgan fingerprint density at radius 3 is 1.81 bits per heavy atom. The average molecular weight is 461 g/mol. The van der Waals surface area contributed by atoms with E-state index >= 15 is 0 Å². The first kappa shape index (κ1) is 32.6. The van der Waals surface area contributed by atoms with Crippen LogP contribution < -0.4 is 0 Å². The van der Waals surface area contributed by atoms with Crippen molar-refractivity contribution >= 4 is 12.3 Å². The number of aliphatic hydroxyl groups is 5. The Bertz CT molecular complexity index is 492. The fourth-order valence-electron chi connectivity index (χ4n) is 2.71. The zero-order valence-corrected chi connectivity index (χ0v) is 19.4. The molecule has 0 radical (unpaired) electrons. The predicted molar refractivity (Wildman–Crippen MR) is 124 cm³/mol.